The van der Waals surface area contributed by atoms with Crippen LogP contribution in [0.25, 0.3) is 0 Å². The summed E-state index contributed by atoms with van der Waals surface area (Å²) in [5.41, 5.74) is 0. The lowest BCUT2D eigenvalue weighted by Gasteiger charge is -1.93. The summed E-state index contributed by atoms with van der Waals surface area (Å²) in [6.07, 6.45) is 5.23. The van der Waals surface area contributed by atoms with E-state index in [4.69, 9.17) is 0 Å². The zero-order chi connectivity index (χ0) is 7.82. The van der Waals surface area contributed by atoms with E-state index in [1.807, 2.05) is 6.26 Å². The average Bonchev–Trinajstić information content (AvgIpc) is 1.89. The Balaban J connectivity index is 3.36. The maximum absolute atomic E-state index is 10.6. The molecule has 0 heterocycles. The Hall–Kier alpha value is -0.440. The largest absolute Gasteiger partial charge is 0.463 e. The van der Waals surface area contributed by atoms with Crippen molar-refractivity contribution in [3.63, 3.8) is 0 Å². The van der Waals surface area contributed by atoms with Gasteiger partial charge in [-0.3, -0.25) is 0 Å². The van der Waals surface area contributed by atoms with E-state index in [9.17, 15) is 4.79 Å². The van der Waals surface area contributed by atoms with Crippen molar-refractivity contribution in [2.75, 3.05) is 18.6 Å². The molecule has 0 spiro atoms. The number of rotatable bonds is 4. The normalized spacial score (nSPS) is 10.2. The lowest BCUT2D eigenvalue weighted by Crippen LogP contribution is -1.98. The molecule has 0 aromatic heterocycles. The first-order chi connectivity index (χ1) is 4.81. The Morgan fingerprint density at radius 3 is 2.90 bits per heavy atom. The quantitative estimate of drug-likeness (QED) is 0.460. The molecule has 0 aliphatic heterocycles. The van der Waals surface area contributed by atoms with Crippen LogP contribution in [-0.4, -0.2) is 24.6 Å². The number of carbonyl (C=O) groups is 1. The van der Waals surface area contributed by atoms with E-state index in [0.29, 0.717) is 6.61 Å². The van der Waals surface area contributed by atoms with Gasteiger partial charge in [-0.2, -0.15) is 11.8 Å². The van der Waals surface area contributed by atoms with Gasteiger partial charge < -0.3 is 4.74 Å². The average molecular weight is 160 g/mol. The second kappa shape index (κ2) is 6.68. The fourth-order valence-corrected chi connectivity index (χ4v) is 0.720. The van der Waals surface area contributed by atoms with Crippen LogP contribution in [0.3, 0.4) is 0 Å². The molecule has 0 atom stereocenters. The molecule has 3 heteroatoms. The minimum atomic E-state index is -0.253. The molecule has 0 saturated heterocycles. The van der Waals surface area contributed by atoms with E-state index >= 15 is 0 Å². The van der Waals surface area contributed by atoms with Gasteiger partial charge in [0.2, 0.25) is 0 Å². The SMILES string of the molecule is CCOC(=O)/C=C/CSC. The Kier molecular flexibility index (Phi) is 6.38. The second-order valence-corrected chi connectivity index (χ2v) is 2.52. The Bertz CT molecular complexity index is 121. The van der Waals surface area contributed by atoms with Crippen molar-refractivity contribution in [1.82, 2.24) is 0 Å². The van der Waals surface area contributed by atoms with Gasteiger partial charge in [-0.15, -0.1) is 0 Å². The summed E-state index contributed by atoms with van der Waals surface area (Å²) in [6, 6.07) is 0. The number of esters is 1. The Morgan fingerprint density at radius 1 is 1.70 bits per heavy atom. The zero-order valence-corrected chi connectivity index (χ0v) is 7.11. The first-order valence-corrected chi connectivity index (χ1v) is 4.53. The van der Waals surface area contributed by atoms with E-state index < -0.39 is 0 Å². The summed E-state index contributed by atoms with van der Waals surface area (Å²) in [4.78, 5) is 10.6. The van der Waals surface area contributed by atoms with Crippen LogP contribution in [0.2, 0.25) is 0 Å². The summed E-state index contributed by atoms with van der Waals surface area (Å²) < 4.78 is 4.65. The van der Waals surface area contributed by atoms with Crippen LogP contribution in [0.15, 0.2) is 12.2 Å². The first kappa shape index (κ1) is 9.56. The van der Waals surface area contributed by atoms with Crippen LogP contribution in [0, 0.1) is 0 Å². The fraction of sp³-hybridized carbons (Fsp3) is 0.571. The maximum atomic E-state index is 10.6. The van der Waals surface area contributed by atoms with Gasteiger partial charge in [-0.05, 0) is 13.2 Å². The van der Waals surface area contributed by atoms with E-state index in [1.54, 1.807) is 24.8 Å². The van der Waals surface area contributed by atoms with Crippen molar-refractivity contribution in [3.8, 4) is 0 Å². The lowest BCUT2D eigenvalue weighted by molar-refractivity contribution is -0.137. The van der Waals surface area contributed by atoms with Crippen molar-refractivity contribution in [3.05, 3.63) is 12.2 Å². The third kappa shape index (κ3) is 5.69. The van der Waals surface area contributed by atoms with Crippen molar-refractivity contribution in [2.45, 2.75) is 6.92 Å². The van der Waals surface area contributed by atoms with Crippen molar-refractivity contribution in [1.29, 1.82) is 0 Å². The topological polar surface area (TPSA) is 26.3 Å². The Labute approximate surface area is 65.6 Å². The van der Waals surface area contributed by atoms with Crippen LogP contribution in [0.4, 0.5) is 0 Å². The second-order valence-electron chi connectivity index (χ2n) is 1.61. The molecule has 0 fully saturated rings. The third-order valence-electron chi connectivity index (χ3n) is 0.803. The minimum Gasteiger partial charge on any atom is -0.463 e. The highest BCUT2D eigenvalue weighted by atomic mass is 32.2. The first-order valence-electron chi connectivity index (χ1n) is 3.13. The molecule has 0 rings (SSSR count). The summed E-state index contributed by atoms with van der Waals surface area (Å²) in [6.45, 7) is 2.24. The smallest absolute Gasteiger partial charge is 0.330 e. The minimum absolute atomic E-state index is 0.253. The van der Waals surface area contributed by atoms with E-state index in [2.05, 4.69) is 4.74 Å². The maximum Gasteiger partial charge on any atom is 0.330 e. The number of ether oxygens (including phenoxy) is 1. The Morgan fingerprint density at radius 2 is 2.40 bits per heavy atom. The molecule has 0 amide bonds. The summed E-state index contributed by atoms with van der Waals surface area (Å²) >= 11 is 1.67. The molecule has 0 saturated carbocycles. The number of carbonyl (C=O) groups excluding carboxylic acids is 1. The highest BCUT2D eigenvalue weighted by Gasteiger charge is 1.90. The molecule has 10 heavy (non-hydrogen) atoms. The monoisotopic (exact) mass is 160 g/mol. The van der Waals surface area contributed by atoms with Gasteiger partial charge in [0.25, 0.3) is 0 Å². The summed E-state index contributed by atoms with van der Waals surface area (Å²) in [5.74, 6) is 0.607. The van der Waals surface area contributed by atoms with E-state index in [-0.39, 0.29) is 5.97 Å². The highest BCUT2D eigenvalue weighted by molar-refractivity contribution is 7.98. The predicted molar refractivity (Wildman–Crippen MR) is 44.2 cm³/mol. The fourth-order valence-electron chi connectivity index (χ4n) is 0.431. The molecule has 2 nitrogen and oxygen atoms in total. The van der Waals surface area contributed by atoms with Gasteiger partial charge in [-0.1, -0.05) is 6.08 Å². The molecule has 0 aliphatic carbocycles. The molecule has 0 radical (unpaired) electrons. The highest BCUT2D eigenvalue weighted by Crippen LogP contribution is 1.91. The van der Waals surface area contributed by atoms with Gasteiger partial charge in [0, 0.05) is 11.8 Å². The molecule has 0 N–H and O–H groups in total. The number of hydrogen-bond acceptors (Lipinski definition) is 3. The van der Waals surface area contributed by atoms with Crippen LogP contribution < -0.4 is 0 Å². The van der Waals surface area contributed by atoms with Gasteiger partial charge in [0.05, 0.1) is 6.61 Å². The lowest BCUT2D eigenvalue weighted by atomic mass is 10.5. The van der Waals surface area contributed by atoms with Crippen LogP contribution in [0.1, 0.15) is 6.92 Å². The number of thioether (sulfide) groups is 1. The molecular weight excluding hydrogens is 148 g/mol. The number of hydrogen-bond donors (Lipinski definition) is 0. The van der Waals surface area contributed by atoms with E-state index in [1.165, 1.54) is 6.08 Å². The van der Waals surface area contributed by atoms with Gasteiger partial charge in [0.15, 0.2) is 0 Å². The third-order valence-corrected chi connectivity index (χ3v) is 1.33. The van der Waals surface area contributed by atoms with Gasteiger partial charge >= 0.3 is 5.97 Å². The zero-order valence-electron chi connectivity index (χ0n) is 6.29. The van der Waals surface area contributed by atoms with Crippen molar-refractivity contribution >= 4 is 17.7 Å². The molecule has 58 valence electrons. The van der Waals surface area contributed by atoms with Gasteiger partial charge in [0.1, 0.15) is 0 Å². The molecule has 0 bridgehead atoms. The van der Waals surface area contributed by atoms with Crippen molar-refractivity contribution in [2.24, 2.45) is 0 Å². The summed E-state index contributed by atoms with van der Waals surface area (Å²) in [7, 11) is 0. The van der Waals surface area contributed by atoms with Crippen LogP contribution in [0.5, 0.6) is 0 Å². The molecule has 0 aromatic carbocycles. The predicted octanol–water partition coefficient (Wildman–Crippen LogP) is 1.47. The van der Waals surface area contributed by atoms with Crippen LogP contribution >= 0.6 is 11.8 Å². The summed E-state index contributed by atoms with van der Waals surface area (Å²) in [5, 5.41) is 0. The van der Waals surface area contributed by atoms with Gasteiger partial charge in [-0.25, -0.2) is 4.79 Å². The molecule has 0 aliphatic rings. The molecule has 0 aromatic rings. The molecular formula is C7H12O2S. The standard InChI is InChI=1S/C7H12O2S/c1-3-9-7(8)5-4-6-10-2/h4-5H,3,6H2,1-2H3/b5-4+. The van der Waals surface area contributed by atoms with Crippen LogP contribution in [-0.2, 0) is 9.53 Å². The molecule has 0 unspecified atom stereocenters. The van der Waals surface area contributed by atoms with E-state index in [0.717, 1.165) is 5.75 Å². The van der Waals surface area contributed by atoms with Crippen molar-refractivity contribution < 1.29 is 9.53 Å².